The molecule has 5 heteroatoms. The number of hydrogen-bond acceptors (Lipinski definition) is 4. The Kier molecular flexibility index (Phi) is 4.76. The van der Waals surface area contributed by atoms with Crippen molar-refractivity contribution in [1.29, 1.82) is 0 Å². The normalized spacial score (nSPS) is 26.5. The van der Waals surface area contributed by atoms with E-state index in [9.17, 15) is 13.5 Å². The van der Waals surface area contributed by atoms with Gasteiger partial charge in [0.25, 0.3) is 0 Å². The lowest BCUT2D eigenvalue weighted by Crippen LogP contribution is -2.44. The van der Waals surface area contributed by atoms with E-state index in [1.165, 1.54) is 42.7 Å². The van der Waals surface area contributed by atoms with Crippen LogP contribution in [0.25, 0.3) is 0 Å². The average Bonchev–Trinajstić information content (AvgIpc) is 3.09. The van der Waals surface area contributed by atoms with Gasteiger partial charge in [-0.2, -0.15) is 0 Å². The second-order valence-electron chi connectivity index (χ2n) is 7.63. The highest BCUT2D eigenvalue weighted by Gasteiger charge is 2.41. The Bertz CT molecular complexity index is 843. The van der Waals surface area contributed by atoms with Crippen LogP contribution < -0.4 is 0 Å². The molecule has 0 spiro atoms. The second-order valence-corrected chi connectivity index (χ2v) is 9.85. The zero-order valence-electron chi connectivity index (χ0n) is 14.8. The predicted molar refractivity (Wildman–Crippen MR) is 102 cm³/mol. The molecule has 0 aromatic heterocycles. The molecule has 1 saturated heterocycles. The fourth-order valence-corrected chi connectivity index (χ4v) is 5.98. The third-order valence-electron chi connectivity index (χ3n) is 5.87. The fraction of sp³-hybridized carbons (Fsp3) is 0.429. The molecule has 1 unspecified atom stereocenters. The lowest BCUT2D eigenvalue weighted by Gasteiger charge is -2.41. The Balaban J connectivity index is 1.32. The number of nitrogens with zero attached hydrogens (tertiary/aromatic N) is 1. The molecule has 26 heavy (non-hydrogen) atoms. The highest BCUT2D eigenvalue weighted by molar-refractivity contribution is 7.92. The molecule has 4 nitrogen and oxygen atoms in total. The molecule has 2 aromatic rings. The number of rotatable bonds is 5. The Morgan fingerprint density at radius 2 is 1.69 bits per heavy atom. The number of likely N-dealkylation sites (tertiary alicyclic amines) is 1. The lowest BCUT2D eigenvalue weighted by molar-refractivity contribution is 0.100. The quantitative estimate of drug-likeness (QED) is 0.876. The summed E-state index contributed by atoms with van der Waals surface area (Å²) in [6.07, 6.45) is 4.16. The topological polar surface area (TPSA) is 57.6 Å². The van der Waals surface area contributed by atoms with Gasteiger partial charge in [-0.25, -0.2) is 8.42 Å². The van der Waals surface area contributed by atoms with Crippen molar-refractivity contribution in [3.8, 4) is 5.75 Å². The molecule has 1 N–H and O–H groups in total. The van der Waals surface area contributed by atoms with Gasteiger partial charge in [-0.15, -0.1) is 0 Å². The molecule has 0 bridgehead atoms. The molecule has 2 aromatic carbocycles. The van der Waals surface area contributed by atoms with Crippen molar-refractivity contribution in [2.24, 2.45) is 5.92 Å². The summed E-state index contributed by atoms with van der Waals surface area (Å²) >= 11 is 0. The minimum absolute atomic E-state index is 0.0934. The summed E-state index contributed by atoms with van der Waals surface area (Å²) in [6.45, 7) is 1.50. The van der Waals surface area contributed by atoms with E-state index in [0.717, 1.165) is 18.9 Å². The van der Waals surface area contributed by atoms with Crippen LogP contribution in [0.4, 0.5) is 0 Å². The smallest absolute Gasteiger partial charge is 0.182 e. The van der Waals surface area contributed by atoms with E-state index in [1.54, 1.807) is 0 Å². The summed E-state index contributed by atoms with van der Waals surface area (Å²) in [5.41, 5.74) is 1.39. The molecule has 1 saturated carbocycles. The predicted octanol–water partition coefficient (Wildman–Crippen LogP) is 3.26. The highest BCUT2D eigenvalue weighted by atomic mass is 32.2. The van der Waals surface area contributed by atoms with Gasteiger partial charge in [-0.05, 0) is 68.0 Å². The van der Waals surface area contributed by atoms with Crippen LogP contribution in [-0.2, 0) is 16.3 Å². The first kappa shape index (κ1) is 17.6. The standard InChI is InChI=1S/C21H25NO3S/c23-19-6-8-20(9-7-19)26(24,25)21-10-11-22(15-21)18-13-17(14-18)12-16-4-2-1-3-5-16/h1-9,17-18,21,23H,10-15H2. The summed E-state index contributed by atoms with van der Waals surface area (Å²) in [4.78, 5) is 2.68. The Hall–Kier alpha value is -1.85. The second kappa shape index (κ2) is 7.05. The lowest BCUT2D eigenvalue weighted by atomic mass is 9.76. The third kappa shape index (κ3) is 3.51. The monoisotopic (exact) mass is 371 g/mol. The SMILES string of the molecule is O=S(=O)(c1ccc(O)cc1)C1CCN(C2CC(Cc3ccccc3)C2)C1. The molecule has 2 aliphatic rings. The molecule has 0 radical (unpaired) electrons. The molecule has 4 rings (SSSR count). The summed E-state index contributed by atoms with van der Waals surface area (Å²) in [5.74, 6) is 0.811. The van der Waals surface area contributed by atoms with E-state index in [2.05, 4.69) is 29.2 Å². The Labute approximate surface area is 155 Å². The first-order valence-corrected chi connectivity index (χ1v) is 10.9. The van der Waals surface area contributed by atoms with Crippen LogP contribution in [0.15, 0.2) is 59.5 Å². The van der Waals surface area contributed by atoms with Crippen molar-refractivity contribution in [2.45, 2.75) is 41.9 Å². The van der Waals surface area contributed by atoms with E-state index in [0.29, 0.717) is 23.9 Å². The van der Waals surface area contributed by atoms with Crippen LogP contribution >= 0.6 is 0 Å². The number of phenolic OH excluding ortho intramolecular Hbond substituents is 1. The number of sulfone groups is 1. The molecule has 2 fully saturated rings. The maximum atomic E-state index is 12.8. The van der Waals surface area contributed by atoms with Crippen molar-refractivity contribution in [3.05, 3.63) is 60.2 Å². The van der Waals surface area contributed by atoms with Crippen molar-refractivity contribution < 1.29 is 13.5 Å². The summed E-state index contributed by atoms with van der Waals surface area (Å²) in [7, 11) is -3.32. The van der Waals surface area contributed by atoms with Gasteiger partial charge in [0, 0.05) is 12.6 Å². The van der Waals surface area contributed by atoms with Crippen LogP contribution in [0.5, 0.6) is 5.75 Å². The van der Waals surface area contributed by atoms with Gasteiger partial charge >= 0.3 is 0 Å². The fourth-order valence-electron chi connectivity index (χ4n) is 4.28. The van der Waals surface area contributed by atoms with Crippen LogP contribution in [0, 0.1) is 5.92 Å². The average molecular weight is 372 g/mol. The Morgan fingerprint density at radius 3 is 2.38 bits per heavy atom. The van der Waals surface area contributed by atoms with Gasteiger partial charge in [-0.1, -0.05) is 30.3 Å². The molecular formula is C21H25NO3S. The minimum atomic E-state index is -3.32. The first-order chi connectivity index (χ1) is 12.5. The first-order valence-electron chi connectivity index (χ1n) is 9.33. The molecule has 1 aliphatic heterocycles. The zero-order valence-corrected chi connectivity index (χ0v) is 15.6. The van der Waals surface area contributed by atoms with E-state index < -0.39 is 9.84 Å². The third-order valence-corrected chi connectivity index (χ3v) is 8.07. The van der Waals surface area contributed by atoms with Crippen molar-refractivity contribution >= 4 is 9.84 Å². The summed E-state index contributed by atoms with van der Waals surface area (Å²) in [5, 5.41) is 9.04. The highest BCUT2D eigenvalue weighted by Crippen LogP contribution is 2.37. The van der Waals surface area contributed by atoms with Crippen LogP contribution in [0.2, 0.25) is 0 Å². The number of benzene rings is 2. The van der Waals surface area contributed by atoms with Crippen LogP contribution in [-0.4, -0.2) is 42.8 Å². The van der Waals surface area contributed by atoms with Crippen LogP contribution in [0.1, 0.15) is 24.8 Å². The van der Waals surface area contributed by atoms with Gasteiger partial charge in [0.05, 0.1) is 10.1 Å². The summed E-state index contributed by atoms with van der Waals surface area (Å²) < 4.78 is 25.6. The largest absolute Gasteiger partial charge is 0.508 e. The van der Waals surface area contributed by atoms with E-state index in [-0.39, 0.29) is 11.0 Å². The minimum Gasteiger partial charge on any atom is -0.508 e. The molecule has 1 heterocycles. The maximum Gasteiger partial charge on any atom is 0.182 e. The van der Waals surface area contributed by atoms with Gasteiger partial charge in [0.15, 0.2) is 9.84 Å². The van der Waals surface area contributed by atoms with Gasteiger partial charge in [-0.3, -0.25) is 4.90 Å². The van der Waals surface area contributed by atoms with Crippen molar-refractivity contribution in [1.82, 2.24) is 4.90 Å². The van der Waals surface area contributed by atoms with Gasteiger partial charge in [0.1, 0.15) is 5.75 Å². The molecule has 1 atom stereocenters. The van der Waals surface area contributed by atoms with Gasteiger partial charge in [0.2, 0.25) is 0 Å². The van der Waals surface area contributed by atoms with E-state index in [1.807, 2.05) is 6.07 Å². The zero-order chi connectivity index (χ0) is 18.1. The number of hydrogen-bond donors (Lipinski definition) is 1. The maximum absolute atomic E-state index is 12.8. The van der Waals surface area contributed by atoms with E-state index in [4.69, 9.17) is 0 Å². The van der Waals surface area contributed by atoms with E-state index >= 15 is 0 Å². The van der Waals surface area contributed by atoms with Crippen molar-refractivity contribution in [3.63, 3.8) is 0 Å². The summed E-state index contributed by atoms with van der Waals surface area (Å²) in [6, 6.07) is 17.0. The molecule has 0 amide bonds. The molecular weight excluding hydrogens is 346 g/mol. The van der Waals surface area contributed by atoms with Crippen molar-refractivity contribution in [2.75, 3.05) is 13.1 Å². The molecule has 138 valence electrons. The number of aromatic hydroxyl groups is 1. The Morgan fingerprint density at radius 1 is 1.00 bits per heavy atom. The van der Waals surface area contributed by atoms with Gasteiger partial charge < -0.3 is 5.11 Å². The van der Waals surface area contributed by atoms with Crippen LogP contribution in [0.3, 0.4) is 0 Å². The number of phenols is 1. The molecule has 1 aliphatic carbocycles.